The molecule has 1 aliphatic heterocycles. The summed E-state index contributed by atoms with van der Waals surface area (Å²) in [5, 5.41) is 3.35. The van der Waals surface area contributed by atoms with Gasteiger partial charge in [0, 0.05) is 26.2 Å². The Morgan fingerprint density at radius 3 is 2.67 bits per heavy atom. The van der Waals surface area contributed by atoms with Crippen molar-refractivity contribution in [3.05, 3.63) is 57.8 Å². The van der Waals surface area contributed by atoms with Gasteiger partial charge in [0.05, 0.1) is 17.3 Å². The van der Waals surface area contributed by atoms with Crippen molar-refractivity contribution in [2.45, 2.75) is 6.42 Å². The molecule has 0 bridgehead atoms. The Morgan fingerprint density at radius 2 is 1.89 bits per heavy atom. The highest BCUT2D eigenvalue weighted by atomic mass is 79.9. The molecule has 1 N–H and O–H groups in total. The molecule has 142 valence electrons. The Bertz CT molecular complexity index is 833. The molecule has 3 rings (SSSR count). The van der Waals surface area contributed by atoms with Crippen molar-refractivity contribution in [3.63, 3.8) is 0 Å². The number of aromatic nitrogens is 1. The summed E-state index contributed by atoms with van der Waals surface area (Å²) in [6.07, 6.45) is 0.805. The molecule has 2 aromatic rings. The maximum Gasteiger partial charge on any atom is 0.272 e. The van der Waals surface area contributed by atoms with Crippen molar-refractivity contribution < 1.29 is 9.59 Å². The van der Waals surface area contributed by atoms with Crippen molar-refractivity contribution in [3.8, 4) is 0 Å². The third-order valence-corrected chi connectivity index (χ3v) is 5.10. The number of benzene rings is 1. The van der Waals surface area contributed by atoms with Crippen LogP contribution in [0, 0.1) is 0 Å². The molecule has 0 unspecified atom stereocenters. The van der Waals surface area contributed by atoms with Gasteiger partial charge in [-0.3, -0.25) is 14.5 Å². The largest absolute Gasteiger partial charge is 0.336 e. The lowest BCUT2D eigenvalue weighted by molar-refractivity contribution is -0.117. The van der Waals surface area contributed by atoms with Crippen LogP contribution in [-0.2, 0) is 4.79 Å². The van der Waals surface area contributed by atoms with Crippen LogP contribution in [0.1, 0.15) is 16.9 Å². The zero-order chi connectivity index (χ0) is 19.2. The fourth-order valence-corrected chi connectivity index (χ4v) is 3.50. The highest BCUT2D eigenvalue weighted by Gasteiger charge is 2.22. The van der Waals surface area contributed by atoms with E-state index in [1.54, 1.807) is 35.2 Å². The van der Waals surface area contributed by atoms with Crippen LogP contribution >= 0.6 is 27.5 Å². The minimum Gasteiger partial charge on any atom is -0.336 e. The van der Waals surface area contributed by atoms with Gasteiger partial charge in [0.1, 0.15) is 10.3 Å². The van der Waals surface area contributed by atoms with Gasteiger partial charge < -0.3 is 10.2 Å². The number of anilines is 1. The molecule has 0 radical (unpaired) electrons. The fraction of sp³-hybridized carbons (Fsp3) is 0.316. The van der Waals surface area contributed by atoms with E-state index in [0.29, 0.717) is 40.6 Å². The Hall–Kier alpha value is -1.96. The number of pyridine rings is 1. The van der Waals surface area contributed by atoms with Gasteiger partial charge >= 0.3 is 0 Å². The fourth-order valence-electron chi connectivity index (χ4n) is 2.98. The molecule has 0 saturated carbocycles. The van der Waals surface area contributed by atoms with Crippen LogP contribution in [0.3, 0.4) is 0 Å². The van der Waals surface area contributed by atoms with Gasteiger partial charge in [-0.25, -0.2) is 4.98 Å². The highest BCUT2D eigenvalue weighted by Crippen LogP contribution is 2.20. The van der Waals surface area contributed by atoms with Crippen LogP contribution in [0.4, 0.5) is 5.69 Å². The molecule has 6 nitrogen and oxygen atoms in total. The van der Waals surface area contributed by atoms with Crippen molar-refractivity contribution in [2.24, 2.45) is 0 Å². The van der Waals surface area contributed by atoms with E-state index in [9.17, 15) is 9.59 Å². The third-order valence-electron chi connectivity index (χ3n) is 4.33. The maximum atomic E-state index is 12.6. The number of rotatable bonds is 4. The van der Waals surface area contributed by atoms with E-state index in [1.165, 1.54) is 0 Å². The molecule has 0 spiro atoms. The summed E-state index contributed by atoms with van der Waals surface area (Å²) in [6, 6.07) is 12.5. The van der Waals surface area contributed by atoms with Crippen LogP contribution in [0.25, 0.3) is 0 Å². The molecular weight excluding hydrogens is 432 g/mol. The van der Waals surface area contributed by atoms with Crippen LogP contribution in [0.15, 0.2) is 47.1 Å². The van der Waals surface area contributed by atoms with E-state index in [-0.39, 0.29) is 18.4 Å². The van der Waals surface area contributed by atoms with Gasteiger partial charge in [-0.2, -0.15) is 0 Å². The first-order chi connectivity index (χ1) is 13.0. The predicted octanol–water partition coefficient (Wildman–Crippen LogP) is 3.28. The minimum atomic E-state index is -0.114. The number of para-hydroxylation sites is 1. The van der Waals surface area contributed by atoms with Gasteiger partial charge in [0.15, 0.2) is 0 Å². The van der Waals surface area contributed by atoms with E-state index in [4.69, 9.17) is 11.6 Å². The molecule has 27 heavy (non-hydrogen) atoms. The summed E-state index contributed by atoms with van der Waals surface area (Å²) in [7, 11) is 0. The second-order valence-corrected chi connectivity index (χ2v) is 7.52. The van der Waals surface area contributed by atoms with Gasteiger partial charge in [0.25, 0.3) is 5.91 Å². The zero-order valence-corrected chi connectivity index (χ0v) is 17.0. The molecule has 1 aromatic carbocycles. The average molecular weight is 452 g/mol. The summed E-state index contributed by atoms with van der Waals surface area (Å²) in [5.74, 6) is -0.199. The molecule has 1 aliphatic rings. The zero-order valence-electron chi connectivity index (χ0n) is 14.7. The number of carbonyl (C=O) groups excluding carboxylic acids is 2. The summed E-state index contributed by atoms with van der Waals surface area (Å²) in [6.45, 7) is 2.87. The van der Waals surface area contributed by atoms with Crippen LogP contribution in [0.2, 0.25) is 5.02 Å². The molecule has 1 saturated heterocycles. The summed E-state index contributed by atoms with van der Waals surface area (Å²) in [5.41, 5.74) is 1.03. The lowest BCUT2D eigenvalue weighted by atomic mass is 10.3. The van der Waals surface area contributed by atoms with Gasteiger partial charge in [0.2, 0.25) is 5.91 Å². The second kappa shape index (κ2) is 9.30. The number of hydrogen-bond donors (Lipinski definition) is 1. The number of nitrogens with zero attached hydrogens (tertiary/aromatic N) is 3. The first kappa shape index (κ1) is 19.8. The van der Waals surface area contributed by atoms with E-state index in [0.717, 1.165) is 13.0 Å². The highest BCUT2D eigenvalue weighted by molar-refractivity contribution is 9.10. The van der Waals surface area contributed by atoms with Crippen molar-refractivity contribution in [1.29, 1.82) is 0 Å². The number of amides is 2. The van der Waals surface area contributed by atoms with E-state index in [1.807, 2.05) is 17.0 Å². The summed E-state index contributed by atoms with van der Waals surface area (Å²) in [4.78, 5) is 33.0. The standard InChI is InChI=1S/C19H20BrClN4O2/c20-17-8-3-7-16(22-17)19(27)25-10-4-9-24(11-12-25)13-18(26)23-15-6-2-1-5-14(15)21/h1-3,5-8H,4,9-13H2,(H,23,26). The molecule has 1 aromatic heterocycles. The Morgan fingerprint density at radius 1 is 1.07 bits per heavy atom. The lowest BCUT2D eigenvalue weighted by Gasteiger charge is -2.21. The molecule has 1 fully saturated rings. The molecule has 8 heteroatoms. The van der Waals surface area contributed by atoms with Gasteiger partial charge in [-0.15, -0.1) is 0 Å². The first-order valence-corrected chi connectivity index (χ1v) is 9.88. The van der Waals surface area contributed by atoms with E-state index >= 15 is 0 Å². The normalized spacial score (nSPS) is 15.3. The molecule has 2 heterocycles. The molecular formula is C19H20BrClN4O2. The minimum absolute atomic E-state index is 0.0846. The summed E-state index contributed by atoms with van der Waals surface area (Å²) >= 11 is 9.37. The third kappa shape index (κ3) is 5.51. The van der Waals surface area contributed by atoms with Crippen LogP contribution < -0.4 is 5.32 Å². The van der Waals surface area contributed by atoms with Crippen molar-refractivity contribution in [2.75, 3.05) is 38.0 Å². The van der Waals surface area contributed by atoms with E-state index < -0.39 is 0 Å². The second-order valence-electron chi connectivity index (χ2n) is 6.30. The Kier molecular flexibility index (Phi) is 6.82. The first-order valence-electron chi connectivity index (χ1n) is 8.71. The molecule has 2 amide bonds. The maximum absolute atomic E-state index is 12.6. The Labute approximate surface area is 171 Å². The molecule has 0 atom stereocenters. The van der Waals surface area contributed by atoms with E-state index in [2.05, 4.69) is 26.2 Å². The van der Waals surface area contributed by atoms with Crippen molar-refractivity contribution >= 4 is 45.0 Å². The quantitative estimate of drug-likeness (QED) is 0.725. The smallest absolute Gasteiger partial charge is 0.272 e. The topological polar surface area (TPSA) is 65.5 Å². The van der Waals surface area contributed by atoms with Crippen LogP contribution in [0.5, 0.6) is 0 Å². The lowest BCUT2D eigenvalue weighted by Crippen LogP contribution is -2.38. The van der Waals surface area contributed by atoms with Crippen LogP contribution in [-0.4, -0.2) is 59.3 Å². The Balaban J connectivity index is 1.54. The summed E-state index contributed by atoms with van der Waals surface area (Å²) < 4.78 is 0.640. The number of nitrogens with one attached hydrogen (secondary N) is 1. The molecule has 0 aliphatic carbocycles. The monoisotopic (exact) mass is 450 g/mol. The predicted molar refractivity (Wildman–Crippen MR) is 109 cm³/mol. The number of hydrogen-bond acceptors (Lipinski definition) is 4. The number of carbonyl (C=O) groups is 2. The van der Waals surface area contributed by atoms with Gasteiger partial charge in [-0.05, 0) is 46.6 Å². The van der Waals surface area contributed by atoms with Crippen molar-refractivity contribution in [1.82, 2.24) is 14.8 Å². The number of halogens is 2. The average Bonchev–Trinajstić information content (AvgIpc) is 2.88. The van der Waals surface area contributed by atoms with Gasteiger partial charge in [-0.1, -0.05) is 29.8 Å². The SMILES string of the molecule is O=C(CN1CCCN(C(=O)c2cccc(Br)n2)CC1)Nc1ccccc1Cl.